The van der Waals surface area contributed by atoms with Gasteiger partial charge in [0.1, 0.15) is 0 Å². The van der Waals surface area contributed by atoms with Gasteiger partial charge in [-0.3, -0.25) is 4.98 Å². The van der Waals surface area contributed by atoms with E-state index in [2.05, 4.69) is 4.98 Å². The third-order valence-corrected chi connectivity index (χ3v) is 1.64. The van der Waals surface area contributed by atoms with Crippen LogP contribution in [0.4, 0.5) is 0 Å². The molecular formula is C8H10ClNO. The molecule has 11 heavy (non-hydrogen) atoms. The van der Waals surface area contributed by atoms with E-state index in [9.17, 15) is 0 Å². The predicted octanol–water partition coefficient (Wildman–Crippen LogP) is 1.97. The maximum atomic E-state index is 5.59. The quantitative estimate of drug-likeness (QED) is 0.649. The first-order chi connectivity index (χ1) is 5.36. The van der Waals surface area contributed by atoms with Crippen LogP contribution in [0, 0.1) is 0 Å². The van der Waals surface area contributed by atoms with Crippen LogP contribution in [0.3, 0.4) is 0 Å². The van der Waals surface area contributed by atoms with Gasteiger partial charge < -0.3 is 4.74 Å². The summed E-state index contributed by atoms with van der Waals surface area (Å²) >= 11 is 5.59. The lowest BCUT2D eigenvalue weighted by Crippen LogP contribution is -1.91. The maximum absolute atomic E-state index is 5.59. The maximum Gasteiger partial charge on any atom is 0.0884 e. The molecule has 0 bridgehead atoms. The number of pyridine rings is 1. The summed E-state index contributed by atoms with van der Waals surface area (Å²) in [5, 5.41) is 0. The van der Waals surface area contributed by atoms with Gasteiger partial charge in [0.05, 0.1) is 12.3 Å². The monoisotopic (exact) mass is 171 g/mol. The smallest absolute Gasteiger partial charge is 0.0884 e. The third-order valence-electron chi connectivity index (χ3n) is 1.33. The van der Waals surface area contributed by atoms with Crippen molar-refractivity contribution in [1.29, 1.82) is 0 Å². The van der Waals surface area contributed by atoms with Crippen molar-refractivity contribution in [3.8, 4) is 0 Å². The third kappa shape index (κ3) is 2.48. The minimum absolute atomic E-state index is 0.514. The summed E-state index contributed by atoms with van der Waals surface area (Å²) < 4.78 is 4.91. The van der Waals surface area contributed by atoms with Gasteiger partial charge >= 0.3 is 0 Å². The number of methoxy groups -OCH3 is 1. The Hall–Kier alpha value is -0.600. The van der Waals surface area contributed by atoms with Crippen LogP contribution in [0.25, 0.3) is 0 Å². The predicted molar refractivity (Wildman–Crippen MR) is 44.5 cm³/mol. The number of hydrogen-bond acceptors (Lipinski definition) is 2. The van der Waals surface area contributed by atoms with Crippen molar-refractivity contribution in [3.63, 3.8) is 0 Å². The molecule has 1 aromatic rings. The second kappa shape index (κ2) is 4.31. The van der Waals surface area contributed by atoms with Gasteiger partial charge in [0, 0.05) is 19.2 Å². The van der Waals surface area contributed by atoms with Crippen molar-refractivity contribution in [2.75, 3.05) is 7.11 Å². The van der Waals surface area contributed by atoms with Gasteiger partial charge in [-0.25, -0.2) is 0 Å². The van der Waals surface area contributed by atoms with E-state index in [4.69, 9.17) is 16.3 Å². The molecule has 0 saturated carbocycles. The summed E-state index contributed by atoms with van der Waals surface area (Å²) in [6.45, 7) is 0.558. The van der Waals surface area contributed by atoms with E-state index < -0.39 is 0 Å². The summed E-state index contributed by atoms with van der Waals surface area (Å²) in [4.78, 5) is 4.13. The van der Waals surface area contributed by atoms with Gasteiger partial charge in [-0.2, -0.15) is 0 Å². The minimum atomic E-state index is 0.514. The second-order valence-electron chi connectivity index (χ2n) is 2.22. The molecule has 0 aromatic carbocycles. The van der Waals surface area contributed by atoms with Crippen LogP contribution in [0.2, 0.25) is 0 Å². The highest BCUT2D eigenvalue weighted by atomic mass is 35.5. The number of rotatable bonds is 3. The Labute approximate surface area is 71.2 Å². The lowest BCUT2D eigenvalue weighted by Gasteiger charge is -1.98. The average molecular weight is 172 g/mol. The summed E-state index contributed by atoms with van der Waals surface area (Å²) in [6, 6.07) is 3.87. The fourth-order valence-electron chi connectivity index (χ4n) is 0.767. The minimum Gasteiger partial charge on any atom is -0.378 e. The van der Waals surface area contributed by atoms with Gasteiger partial charge in [0.15, 0.2) is 0 Å². The molecule has 2 nitrogen and oxygen atoms in total. The van der Waals surface area contributed by atoms with E-state index in [0.717, 1.165) is 11.3 Å². The van der Waals surface area contributed by atoms with E-state index in [0.29, 0.717) is 12.5 Å². The molecule has 0 aliphatic heterocycles. The number of alkyl halides is 1. The Kier molecular flexibility index (Phi) is 3.33. The fraction of sp³-hybridized carbons (Fsp3) is 0.375. The van der Waals surface area contributed by atoms with Gasteiger partial charge in [-0.1, -0.05) is 6.07 Å². The molecule has 0 radical (unpaired) electrons. The number of nitrogens with zero attached hydrogens (tertiary/aromatic N) is 1. The van der Waals surface area contributed by atoms with Crippen LogP contribution in [0.5, 0.6) is 0 Å². The van der Waals surface area contributed by atoms with E-state index >= 15 is 0 Å². The molecule has 0 fully saturated rings. The molecule has 1 aromatic heterocycles. The zero-order valence-corrected chi connectivity index (χ0v) is 7.14. The Morgan fingerprint density at radius 3 is 2.82 bits per heavy atom. The first-order valence-corrected chi connectivity index (χ1v) is 3.89. The van der Waals surface area contributed by atoms with Crippen molar-refractivity contribution in [2.24, 2.45) is 0 Å². The molecule has 0 unspecified atom stereocenters. The Morgan fingerprint density at radius 2 is 2.36 bits per heavy atom. The normalized spacial score (nSPS) is 10.0. The van der Waals surface area contributed by atoms with Crippen molar-refractivity contribution < 1.29 is 4.74 Å². The zero-order valence-electron chi connectivity index (χ0n) is 6.38. The highest BCUT2D eigenvalue weighted by Gasteiger charge is 1.93. The van der Waals surface area contributed by atoms with Gasteiger partial charge in [0.25, 0.3) is 0 Å². The lowest BCUT2D eigenvalue weighted by molar-refractivity contribution is 0.181. The topological polar surface area (TPSA) is 22.1 Å². The number of aromatic nitrogens is 1. The molecule has 0 spiro atoms. The highest BCUT2D eigenvalue weighted by molar-refractivity contribution is 6.17. The van der Waals surface area contributed by atoms with Gasteiger partial charge in [-0.15, -0.1) is 11.6 Å². The van der Waals surface area contributed by atoms with Gasteiger partial charge in [-0.05, 0) is 11.6 Å². The van der Waals surface area contributed by atoms with Crippen LogP contribution in [-0.2, 0) is 17.2 Å². The van der Waals surface area contributed by atoms with Crippen LogP contribution in [0.1, 0.15) is 11.3 Å². The van der Waals surface area contributed by atoms with E-state index in [1.54, 1.807) is 13.3 Å². The van der Waals surface area contributed by atoms with Gasteiger partial charge in [0.2, 0.25) is 0 Å². The fourth-order valence-corrected chi connectivity index (χ4v) is 0.926. The average Bonchev–Trinajstić information content (AvgIpc) is 2.07. The van der Waals surface area contributed by atoms with Crippen molar-refractivity contribution in [1.82, 2.24) is 4.98 Å². The standard InChI is InChI=1S/C8H10ClNO/c1-11-6-8-3-2-7(4-9)5-10-8/h2-3,5H,4,6H2,1H3. The molecule has 1 heterocycles. The largest absolute Gasteiger partial charge is 0.378 e. The van der Waals surface area contributed by atoms with Crippen LogP contribution < -0.4 is 0 Å². The first-order valence-electron chi connectivity index (χ1n) is 3.35. The number of halogens is 1. The molecule has 0 atom stereocenters. The summed E-state index contributed by atoms with van der Waals surface area (Å²) in [5.41, 5.74) is 1.97. The molecule has 1 rings (SSSR count). The molecule has 0 aliphatic rings. The Bertz CT molecular complexity index is 210. The highest BCUT2D eigenvalue weighted by Crippen LogP contribution is 2.03. The molecule has 60 valence electrons. The van der Waals surface area contributed by atoms with Crippen LogP contribution in [-0.4, -0.2) is 12.1 Å². The Balaban J connectivity index is 2.66. The molecule has 3 heteroatoms. The molecular weight excluding hydrogens is 162 g/mol. The molecule has 0 amide bonds. The SMILES string of the molecule is COCc1ccc(CCl)cn1. The zero-order chi connectivity index (χ0) is 8.10. The Morgan fingerprint density at radius 1 is 1.55 bits per heavy atom. The van der Waals surface area contributed by atoms with Crippen LogP contribution in [0.15, 0.2) is 18.3 Å². The van der Waals surface area contributed by atoms with E-state index in [1.165, 1.54) is 0 Å². The number of ether oxygens (including phenoxy) is 1. The van der Waals surface area contributed by atoms with Crippen molar-refractivity contribution in [3.05, 3.63) is 29.6 Å². The number of hydrogen-bond donors (Lipinski definition) is 0. The lowest BCUT2D eigenvalue weighted by atomic mass is 10.3. The molecule has 0 aliphatic carbocycles. The van der Waals surface area contributed by atoms with E-state index in [-0.39, 0.29) is 0 Å². The first kappa shape index (κ1) is 8.50. The molecule has 0 N–H and O–H groups in total. The molecule has 0 saturated heterocycles. The summed E-state index contributed by atoms with van der Waals surface area (Å²) in [5.74, 6) is 0.514. The summed E-state index contributed by atoms with van der Waals surface area (Å²) in [7, 11) is 1.65. The van der Waals surface area contributed by atoms with Crippen molar-refractivity contribution in [2.45, 2.75) is 12.5 Å². The summed E-state index contributed by atoms with van der Waals surface area (Å²) in [6.07, 6.45) is 1.77. The second-order valence-corrected chi connectivity index (χ2v) is 2.49. The van der Waals surface area contributed by atoms with Crippen molar-refractivity contribution >= 4 is 11.6 Å². The van der Waals surface area contributed by atoms with Crippen LogP contribution >= 0.6 is 11.6 Å². The van der Waals surface area contributed by atoms with E-state index in [1.807, 2.05) is 12.1 Å².